The zero-order chi connectivity index (χ0) is 9.61. The second-order valence-electron chi connectivity index (χ2n) is 3.62. The van der Waals surface area contributed by atoms with Crippen LogP contribution in [0.1, 0.15) is 47.6 Å². The lowest BCUT2D eigenvalue weighted by atomic mass is 9.87. The predicted molar refractivity (Wildman–Crippen MR) is 63.2 cm³/mol. The molecular weight excluding hydrogens is 156 g/mol. The minimum atomic E-state index is 0. The van der Waals surface area contributed by atoms with Crippen LogP contribution in [-0.4, -0.2) is 0 Å². The number of hydrogen-bond donors (Lipinski definition) is 0. The van der Waals surface area contributed by atoms with E-state index in [-0.39, 0.29) is 7.43 Å². The van der Waals surface area contributed by atoms with Crippen LogP contribution in [0.4, 0.5) is 0 Å². The fraction of sp³-hybridized carbons (Fsp3) is 0.538. The van der Waals surface area contributed by atoms with E-state index in [1.807, 2.05) is 13.8 Å². The van der Waals surface area contributed by atoms with Gasteiger partial charge >= 0.3 is 0 Å². The van der Waals surface area contributed by atoms with Crippen LogP contribution in [-0.2, 0) is 5.41 Å². The van der Waals surface area contributed by atoms with Crippen LogP contribution < -0.4 is 0 Å². The van der Waals surface area contributed by atoms with Gasteiger partial charge in [0, 0.05) is 0 Å². The standard InChI is InChI=1S/C10H14.C2H6.CH4/c1-10(2,3)9-7-5-4-6-8-9;1-2;/h4-8H,1-3H3;1-2H3;1H4. The molecule has 0 aliphatic carbocycles. The maximum atomic E-state index is 2.22. The van der Waals surface area contributed by atoms with E-state index >= 15 is 0 Å². The first-order chi connectivity index (χ1) is 5.61. The van der Waals surface area contributed by atoms with E-state index in [9.17, 15) is 0 Å². The van der Waals surface area contributed by atoms with Crippen molar-refractivity contribution in [3.05, 3.63) is 35.9 Å². The van der Waals surface area contributed by atoms with Crippen molar-refractivity contribution >= 4 is 0 Å². The Labute approximate surface area is 84.0 Å². The Hall–Kier alpha value is -0.780. The molecular formula is C13H24. The van der Waals surface area contributed by atoms with Crippen molar-refractivity contribution in [1.29, 1.82) is 0 Å². The van der Waals surface area contributed by atoms with Gasteiger partial charge in [0.1, 0.15) is 0 Å². The van der Waals surface area contributed by atoms with Gasteiger partial charge in [0.15, 0.2) is 0 Å². The smallest absolute Gasteiger partial charge is 0.0132 e. The van der Waals surface area contributed by atoms with Crippen molar-refractivity contribution in [3.8, 4) is 0 Å². The fourth-order valence-electron chi connectivity index (χ4n) is 0.938. The topological polar surface area (TPSA) is 0 Å². The Balaban J connectivity index is 0. The summed E-state index contributed by atoms with van der Waals surface area (Å²) in [6.07, 6.45) is 0. The Kier molecular flexibility index (Phi) is 7.60. The van der Waals surface area contributed by atoms with E-state index < -0.39 is 0 Å². The van der Waals surface area contributed by atoms with Gasteiger partial charge in [-0.25, -0.2) is 0 Å². The van der Waals surface area contributed by atoms with Crippen molar-refractivity contribution in [2.45, 2.75) is 47.5 Å². The molecule has 0 heterocycles. The Morgan fingerprint density at radius 2 is 1.23 bits per heavy atom. The first-order valence-electron chi connectivity index (χ1n) is 4.66. The Morgan fingerprint density at radius 1 is 0.846 bits per heavy atom. The van der Waals surface area contributed by atoms with E-state index in [1.165, 1.54) is 5.56 Å². The van der Waals surface area contributed by atoms with Gasteiger partial charge in [-0.15, -0.1) is 0 Å². The Morgan fingerprint density at radius 3 is 1.46 bits per heavy atom. The third-order valence-corrected chi connectivity index (χ3v) is 1.64. The van der Waals surface area contributed by atoms with Gasteiger partial charge in [-0.2, -0.15) is 0 Å². The molecule has 0 N–H and O–H groups in total. The van der Waals surface area contributed by atoms with Crippen molar-refractivity contribution in [3.63, 3.8) is 0 Å². The molecule has 0 aliphatic heterocycles. The molecule has 1 rings (SSSR count). The molecule has 0 nitrogen and oxygen atoms in total. The van der Waals surface area contributed by atoms with E-state index in [4.69, 9.17) is 0 Å². The van der Waals surface area contributed by atoms with Crippen molar-refractivity contribution < 1.29 is 0 Å². The van der Waals surface area contributed by atoms with E-state index in [0.717, 1.165) is 0 Å². The highest BCUT2D eigenvalue weighted by Gasteiger charge is 2.11. The molecule has 0 radical (unpaired) electrons. The number of benzene rings is 1. The van der Waals surface area contributed by atoms with Crippen LogP contribution >= 0.6 is 0 Å². The lowest BCUT2D eigenvalue weighted by Gasteiger charge is -2.18. The highest BCUT2D eigenvalue weighted by Crippen LogP contribution is 2.20. The lowest BCUT2D eigenvalue weighted by molar-refractivity contribution is 0.590. The quantitative estimate of drug-likeness (QED) is 0.545. The fourth-order valence-corrected chi connectivity index (χ4v) is 0.938. The normalized spacial score (nSPS) is 9.31. The zero-order valence-electron chi connectivity index (χ0n) is 8.89. The van der Waals surface area contributed by atoms with Crippen molar-refractivity contribution in [2.75, 3.05) is 0 Å². The van der Waals surface area contributed by atoms with Gasteiger partial charge in [-0.3, -0.25) is 0 Å². The molecule has 0 spiro atoms. The van der Waals surface area contributed by atoms with Gasteiger partial charge < -0.3 is 0 Å². The van der Waals surface area contributed by atoms with Crippen LogP contribution in [0.25, 0.3) is 0 Å². The molecule has 76 valence electrons. The second-order valence-corrected chi connectivity index (χ2v) is 3.62. The third kappa shape index (κ3) is 5.46. The highest BCUT2D eigenvalue weighted by atomic mass is 14.2. The van der Waals surface area contributed by atoms with Crippen LogP contribution in [0.3, 0.4) is 0 Å². The van der Waals surface area contributed by atoms with Gasteiger partial charge in [-0.05, 0) is 11.0 Å². The maximum absolute atomic E-state index is 2.22. The molecule has 0 aliphatic rings. The molecule has 1 aromatic rings. The van der Waals surface area contributed by atoms with Crippen molar-refractivity contribution in [2.24, 2.45) is 0 Å². The summed E-state index contributed by atoms with van der Waals surface area (Å²) in [5, 5.41) is 0. The minimum Gasteiger partial charge on any atom is -0.0776 e. The first kappa shape index (κ1) is 14.7. The SMILES string of the molecule is C.CC.CC(C)(C)c1ccccc1. The van der Waals surface area contributed by atoms with Gasteiger partial charge in [0.25, 0.3) is 0 Å². The molecule has 0 amide bonds. The summed E-state index contributed by atoms with van der Waals surface area (Å²) in [5.74, 6) is 0. The summed E-state index contributed by atoms with van der Waals surface area (Å²) in [6.45, 7) is 10.7. The largest absolute Gasteiger partial charge is 0.0776 e. The zero-order valence-corrected chi connectivity index (χ0v) is 8.89. The summed E-state index contributed by atoms with van der Waals surface area (Å²) in [7, 11) is 0. The Bertz CT molecular complexity index is 191. The van der Waals surface area contributed by atoms with Crippen LogP contribution in [0.15, 0.2) is 30.3 Å². The van der Waals surface area contributed by atoms with Crippen LogP contribution in [0.2, 0.25) is 0 Å². The molecule has 0 fully saturated rings. The summed E-state index contributed by atoms with van der Waals surface area (Å²) in [6, 6.07) is 10.6. The van der Waals surface area contributed by atoms with Gasteiger partial charge in [0.2, 0.25) is 0 Å². The minimum absolute atomic E-state index is 0. The molecule has 0 atom stereocenters. The van der Waals surface area contributed by atoms with Crippen LogP contribution in [0.5, 0.6) is 0 Å². The number of rotatable bonds is 0. The summed E-state index contributed by atoms with van der Waals surface area (Å²) in [5.41, 5.74) is 1.69. The predicted octanol–water partition coefficient (Wildman–Crippen LogP) is 4.65. The second kappa shape index (κ2) is 6.71. The van der Waals surface area contributed by atoms with Gasteiger partial charge in [0.05, 0.1) is 0 Å². The molecule has 0 heteroatoms. The highest BCUT2D eigenvalue weighted by molar-refractivity contribution is 5.21. The molecule has 0 unspecified atom stereocenters. The summed E-state index contributed by atoms with van der Waals surface area (Å²) >= 11 is 0. The van der Waals surface area contributed by atoms with E-state index in [1.54, 1.807) is 0 Å². The molecule has 13 heavy (non-hydrogen) atoms. The molecule has 0 saturated carbocycles. The van der Waals surface area contributed by atoms with E-state index in [0.29, 0.717) is 5.41 Å². The molecule has 0 aromatic heterocycles. The molecule has 0 bridgehead atoms. The third-order valence-electron chi connectivity index (χ3n) is 1.64. The van der Waals surface area contributed by atoms with Crippen LogP contribution in [0, 0.1) is 0 Å². The molecule has 1 aromatic carbocycles. The number of hydrogen-bond acceptors (Lipinski definition) is 0. The van der Waals surface area contributed by atoms with Crippen molar-refractivity contribution in [1.82, 2.24) is 0 Å². The molecule has 0 saturated heterocycles. The summed E-state index contributed by atoms with van der Waals surface area (Å²) in [4.78, 5) is 0. The monoisotopic (exact) mass is 180 g/mol. The van der Waals surface area contributed by atoms with Gasteiger partial charge in [-0.1, -0.05) is 72.4 Å². The summed E-state index contributed by atoms with van der Waals surface area (Å²) < 4.78 is 0. The van der Waals surface area contributed by atoms with E-state index in [2.05, 4.69) is 51.1 Å². The average molecular weight is 180 g/mol. The maximum Gasteiger partial charge on any atom is -0.0132 e. The first-order valence-corrected chi connectivity index (χ1v) is 4.66. The lowest BCUT2D eigenvalue weighted by Crippen LogP contribution is -2.10. The average Bonchev–Trinajstić information content (AvgIpc) is 2.08.